The molecule has 0 bridgehead atoms. The second-order valence-corrected chi connectivity index (χ2v) is 20.7. The Kier molecular flexibility index (Phi) is 8.45. The van der Waals surface area contributed by atoms with Crippen LogP contribution >= 0.6 is 0 Å². The van der Waals surface area contributed by atoms with Gasteiger partial charge in [0.2, 0.25) is 5.71 Å². The molecule has 0 aliphatic rings. The summed E-state index contributed by atoms with van der Waals surface area (Å²) in [7, 11) is -1.79. The maximum Gasteiger partial charge on any atom is 0.216 e. The third kappa shape index (κ3) is 9.10. The van der Waals surface area contributed by atoms with Gasteiger partial charge in [0, 0.05) is 65.6 Å². The fraction of sp³-hybridized carbons (Fsp3) is 0.349. The van der Waals surface area contributed by atoms with Crippen molar-refractivity contribution >= 4 is 46.4 Å². The fourth-order valence-electron chi connectivity index (χ4n) is 5.73. The van der Waals surface area contributed by atoms with Crippen molar-refractivity contribution < 1.29 is 38.5 Å². The number of nitrogens with zero attached hydrogens (tertiary/aromatic N) is 4. The molecule has 0 fully saturated rings. The Balaban J connectivity index is 0.000000218. The molecule has 0 amide bonds. The minimum atomic E-state index is -2.30. The summed E-state index contributed by atoms with van der Waals surface area (Å²) in [6.45, 7) is 17.6. The third-order valence-corrected chi connectivity index (χ3v) is 9.78. The van der Waals surface area contributed by atoms with E-state index in [1.807, 2.05) is 72.9 Å². The molecule has 6 nitrogen and oxygen atoms in total. The van der Waals surface area contributed by atoms with E-state index in [1.54, 1.807) is 36.5 Å². The van der Waals surface area contributed by atoms with Crippen molar-refractivity contribution in [2.24, 2.45) is 10.8 Å². The smallest absolute Gasteiger partial charge is 0.216 e. The first-order valence-electron chi connectivity index (χ1n) is 20.2. The van der Waals surface area contributed by atoms with E-state index in [2.05, 4.69) is 51.7 Å². The van der Waals surface area contributed by atoms with Crippen molar-refractivity contribution in [3.63, 3.8) is 0 Å². The molecule has 5 heterocycles. The summed E-state index contributed by atoms with van der Waals surface area (Å²) in [5.41, 5.74) is 5.07. The second-order valence-electron chi connectivity index (χ2n) is 15.6. The first kappa shape index (κ1) is 29.6. The van der Waals surface area contributed by atoms with Gasteiger partial charge in [-0.1, -0.05) is 101 Å². The number of fused-ring (bicyclic) bond motifs is 4. The number of aromatic nitrogens is 4. The van der Waals surface area contributed by atoms with Crippen molar-refractivity contribution in [3.8, 4) is 22.5 Å². The van der Waals surface area contributed by atoms with Gasteiger partial charge in [-0.2, -0.15) is 0 Å². The van der Waals surface area contributed by atoms with E-state index in [0.29, 0.717) is 50.5 Å². The van der Waals surface area contributed by atoms with E-state index in [-0.39, 0.29) is 31.5 Å². The fourth-order valence-corrected chi connectivity index (χ4v) is 7.13. The van der Waals surface area contributed by atoms with Crippen molar-refractivity contribution in [3.05, 3.63) is 102 Å². The van der Waals surface area contributed by atoms with Crippen LogP contribution in [-0.2, 0) is 32.9 Å². The Bertz CT molecular complexity index is 2620. The number of aryl methyl sites for hydroxylation is 2. The minimum absolute atomic E-state index is 0. The molecule has 7 rings (SSSR count). The summed E-state index contributed by atoms with van der Waals surface area (Å²) in [6.07, 6.45) is 0.435. The van der Waals surface area contributed by atoms with Crippen LogP contribution in [0.15, 0.2) is 75.8 Å². The van der Waals surface area contributed by atoms with Crippen LogP contribution in [0.5, 0.6) is 0 Å². The molecule has 0 atom stereocenters. The van der Waals surface area contributed by atoms with Gasteiger partial charge >= 0.3 is 0 Å². The van der Waals surface area contributed by atoms with E-state index in [0.717, 1.165) is 21.7 Å². The molecular formula is C43H48IrN4O2Si-2. The van der Waals surface area contributed by atoms with Crippen molar-refractivity contribution in [2.75, 3.05) is 0 Å². The number of benzene rings is 2. The van der Waals surface area contributed by atoms with Gasteiger partial charge in [-0.05, 0) is 65.2 Å². The Morgan fingerprint density at radius 2 is 1.59 bits per heavy atom. The van der Waals surface area contributed by atoms with Gasteiger partial charge < -0.3 is 18.8 Å². The second kappa shape index (κ2) is 14.6. The van der Waals surface area contributed by atoms with Gasteiger partial charge in [-0.3, -0.25) is 4.98 Å². The Morgan fingerprint density at radius 3 is 2.29 bits per heavy atom. The molecule has 0 saturated heterocycles. The van der Waals surface area contributed by atoms with Crippen LogP contribution in [0.1, 0.15) is 73.8 Å². The van der Waals surface area contributed by atoms with Crippen molar-refractivity contribution in [1.29, 1.82) is 0 Å². The molecule has 5 aromatic heterocycles. The van der Waals surface area contributed by atoms with Gasteiger partial charge in [0.25, 0.3) is 0 Å². The van der Waals surface area contributed by atoms with E-state index < -0.39 is 38.5 Å². The zero-order valence-corrected chi connectivity index (χ0v) is 34.2. The molecule has 51 heavy (non-hydrogen) atoms. The zero-order valence-electron chi connectivity index (χ0n) is 37.8. The standard InChI is InChI=1S/C22H21N2O.C21H27N2OSi.Ir/c1-14-5-7-17-18-12-16(6-8-20(18)25-21(17)24-14)19-11-15(9-10-23-19)13-22(2,3)4;1-14-23-20-16(9-8-10-18(20)24-14)17-11-15(12-21(2,3)4)19(13-22-17)25(5,6)7;/h5,7-12H,13H2,1-4H3;8,10-11,13H,12H2,1-7H3;/q2*-1;/i1D3,13D2;12D2;. The Morgan fingerprint density at radius 1 is 0.824 bits per heavy atom. The van der Waals surface area contributed by atoms with Crippen LogP contribution in [0, 0.1) is 36.7 Å². The first-order chi connectivity index (χ1) is 26.2. The van der Waals surface area contributed by atoms with Gasteiger partial charge in [0.15, 0.2) is 5.89 Å². The predicted octanol–water partition coefficient (Wildman–Crippen LogP) is 10.9. The van der Waals surface area contributed by atoms with Gasteiger partial charge in [-0.25, -0.2) is 4.98 Å². The molecule has 8 heteroatoms. The number of hydrogen-bond donors (Lipinski definition) is 0. The average Bonchev–Trinajstić information content (AvgIpc) is 3.68. The van der Waals surface area contributed by atoms with E-state index in [9.17, 15) is 0 Å². The summed E-state index contributed by atoms with van der Waals surface area (Å²) in [5.74, 6) is 0.592. The van der Waals surface area contributed by atoms with Crippen molar-refractivity contribution in [2.45, 2.75) is 87.7 Å². The summed E-state index contributed by atoms with van der Waals surface area (Å²) in [5, 5.41) is 2.53. The average molecular weight is 880 g/mol. The summed E-state index contributed by atoms with van der Waals surface area (Å²) < 4.78 is 68.8. The Hall–Kier alpha value is -3.97. The quantitative estimate of drug-likeness (QED) is 0.127. The van der Waals surface area contributed by atoms with Gasteiger partial charge in [0.05, 0.1) is 19.2 Å². The summed E-state index contributed by atoms with van der Waals surface area (Å²) in [4.78, 5) is 17.7. The van der Waals surface area contributed by atoms with E-state index >= 15 is 0 Å². The third-order valence-electron chi connectivity index (χ3n) is 7.76. The number of oxazole rings is 1. The van der Waals surface area contributed by atoms with Gasteiger partial charge in [0.1, 0.15) is 0 Å². The number of hydrogen-bond acceptors (Lipinski definition) is 6. The number of pyridine rings is 3. The molecule has 0 saturated carbocycles. The molecule has 0 aliphatic carbocycles. The van der Waals surface area contributed by atoms with Crippen LogP contribution in [0.25, 0.3) is 55.7 Å². The minimum Gasteiger partial charge on any atom is -0.486 e. The molecule has 0 aliphatic heterocycles. The summed E-state index contributed by atoms with van der Waals surface area (Å²) in [6, 6.07) is 22.0. The first-order valence-corrected chi connectivity index (χ1v) is 20.2. The molecule has 2 aromatic carbocycles. The SMILES string of the molecule is [2H]C([2H])([2H])c1ccc2c(n1)oc1c[c-]c(-c3cc(C([2H])([2H])C(C)(C)C)ccn3)cc12.[2H]C([2H])(c1cc(-c2[c-]ccc3oc(C)nc23)ncc1[Si](C)(C)C)C(C)(C)C.[Ir]. The maximum atomic E-state index is 8.88. The van der Waals surface area contributed by atoms with Crippen LogP contribution in [0.2, 0.25) is 19.6 Å². The maximum absolute atomic E-state index is 8.88. The molecule has 0 N–H and O–H groups in total. The monoisotopic (exact) mass is 880 g/mol. The topological polar surface area (TPSA) is 77.8 Å². The molecule has 0 spiro atoms. The molecular weight excluding hydrogens is 825 g/mol. The predicted molar refractivity (Wildman–Crippen MR) is 208 cm³/mol. The molecule has 7 aromatic rings. The van der Waals surface area contributed by atoms with E-state index in [4.69, 9.17) is 18.4 Å². The van der Waals surface area contributed by atoms with Crippen LogP contribution < -0.4 is 5.19 Å². The summed E-state index contributed by atoms with van der Waals surface area (Å²) >= 11 is 0. The van der Waals surface area contributed by atoms with Crippen molar-refractivity contribution in [1.82, 2.24) is 19.9 Å². The van der Waals surface area contributed by atoms with Crippen LogP contribution in [0.3, 0.4) is 0 Å². The zero-order chi connectivity index (χ0) is 42.1. The molecule has 267 valence electrons. The largest absolute Gasteiger partial charge is 0.486 e. The number of rotatable bonds is 5. The molecule has 0 unspecified atom stereocenters. The molecule has 1 radical (unpaired) electrons. The van der Waals surface area contributed by atoms with Crippen LogP contribution in [0.4, 0.5) is 0 Å². The number of furan rings is 1. The van der Waals surface area contributed by atoms with Crippen LogP contribution in [-0.4, -0.2) is 28.0 Å². The van der Waals surface area contributed by atoms with E-state index in [1.165, 1.54) is 6.07 Å². The van der Waals surface area contributed by atoms with Gasteiger partial charge in [-0.15, -0.1) is 35.9 Å². The Labute approximate surface area is 326 Å². The normalized spacial score (nSPS) is 15.1.